The number of rotatable bonds is 6. The van der Waals surface area contributed by atoms with Gasteiger partial charge in [-0.1, -0.05) is 0 Å². The summed E-state index contributed by atoms with van der Waals surface area (Å²) >= 11 is 0. The van der Waals surface area contributed by atoms with Crippen molar-refractivity contribution in [1.82, 2.24) is 19.9 Å². The number of hydrogen-bond donors (Lipinski definition) is 2. The van der Waals surface area contributed by atoms with Gasteiger partial charge in [0.1, 0.15) is 35.4 Å². The fourth-order valence-corrected chi connectivity index (χ4v) is 3.04. The average Bonchev–Trinajstić information content (AvgIpc) is 2.72. The van der Waals surface area contributed by atoms with Gasteiger partial charge in [-0.3, -0.25) is 4.79 Å². The van der Waals surface area contributed by atoms with E-state index in [2.05, 4.69) is 20.3 Å². The molecule has 30 heavy (non-hydrogen) atoms. The number of amides is 1. The number of hydrogen-bond acceptors (Lipinski definition) is 8. The van der Waals surface area contributed by atoms with E-state index in [0.717, 1.165) is 0 Å². The Balaban J connectivity index is 2.00. The number of ether oxygens (including phenoxy) is 1. The standard InChI is InChI=1S/C20H20FN7O2/c1-28(2)20(29)16-12-8-11(21)4-5-14(12)27-15(17(16)30-3)6-7-24-19-13(9-22)18(23)25-10-26-19/h4-5,8,10H,6-7H2,1-3H3,(H3,23,24,25,26). The van der Waals surface area contributed by atoms with E-state index in [1.165, 1.54) is 36.5 Å². The predicted molar refractivity (Wildman–Crippen MR) is 110 cm³/mol. The highest BCUT2D eigenvalue weighted by Crippen LogP contribution is 2.32. The van der Waals surface area contributed by atoms with Crippen molar-refractivity contribution in [3.8, 4) is 11.8 Å². The summed E-state index contributed by atoms with van der Waals surface area (Å²) in [4.78, 5) is 26.6. The van der Waals surface area contributed by atoms with Crippen LogP contribution >= 0.6 is 0 Å². The molecule has 0 saturated heterocycles. The van der Waals surface area contributed by atoms with Crippen molar-refractivity contribution in [1.29, 1.82) is 5.26 Å². The number of nitrogens with zero attached hydrogens (tertiary/aromatic N) is 5. The van der Waals surface area contributed by atoms with E-state index in [9.17, 15) is 14.4 Å². The maximum atomic E-state index is 13.9. The zero-order valence-electron chi connectivity index (χ0n) is 16.7. The molecule has 1 amide bonds. The van der Waals surface area contributed by atoms with Gasteiger partial charge in [-0.15, -0.1) is 0 Å². The average molecular weight is 409 g/mol. The smallest absolute Gasteiger partial charge is 0.257 e. The molecule has 3 aromatic rings. The molecule has 3 rings (SSSR count). The van der Waals surface area contributed by atoms with Gasteiger partial charge < -0.3 is 20.7 Å². The van der Waals surface area contributed by atoms with Crippen LogP contribution in [0.3, 0.4) is 0 Å². The van der Waals surface area contributed by atoms with Crippen molar-refractivity contribution >= 4 is 28.4 Å². The van der Waals surface area contributed by atoms with E-state index in [-0.39, 0.29) is 28.6 Å². The summed E-state index contributed by atoms with van der Waals surface area (Å²) in [6.45, 7) is 0.330. The lowest BCUT2D eigenvalue weighted by molar-refractivity contribution is 0.0826. The molecule has 9 nitrogen and oxygen atoms in total. The number of methoxy groups -OCH3 is 1. The zero-order valence-corrected chi connectivity index (χ0v) is 16.7. The van der Waals surface area contributed by atoms with E-state index in [0.29, 0.717) is 35.4 Å². The maximum Gasteiger partial charge on any atom is 0.257 e. The molecule has 2 heterocycles. The molecule has 0 spiro atoms. The van der Waals surface area contributed by atoms with Gasteiger partial charge in [-0.25, -0.2) is 19.3 Å². The number of carbonyl (C=O) groups excluding carboxylic acids is 1. The lowest BCUT2D eigenvalue weighted by atomic mass is 10.0. The second-order valence-electron chi connectivity index (χ2n) is 6.60. The molecule has 0 unspecified atom stereocenters. The topological polar surface area (TPSA) is 130 Å². The van der Waals surface area contributed by atoms with E-state index in [4.69, 9.17) is 10.5 Å². The Labute approximate surface area is 172 Å². The number of fused-ring (bicyclic) bond motifs is 1. The first-order valence-corrected chi connectivity index (χ1v) is 8.99. The highest BCUT2D eigenvalue weighted by atomic mass is 19.1. The number of nitrogens with two attached hydrogens (primary N) is 1. The Morgan fingerprint density at radius 2 is 2.13 bits per heavy atom. The fourth-order valence-electron chi connectivity index (χ4n) is 3.04. The predicted octanol–water partition coefficient (Wildman–Crippen LogP) is 1.98. The van der Waals surface area contributed by atoms with Crippen molar-refractivity contribution in [3.63, 3.8) is 0 Å². The molecule has 0 atom stereocenters. The summed E-state index contributed by atoms with van der Waals surface area (Å²) in [7, 11) is 4.65. The molecule has 0 aliphatic rings. The van der Waals surface area contributed by atoms with Gasteiger partial charge in [0.2, 0.25) is 0 Å². The molecular formula is C20H20FN7O2. The van der Waals surface area contributed by atoms with Crippen LogP contribution in [0.25, 0.3) is 10.9 Å². The van der Waals surface area contributed by atoms with Crippen LogP contribution in [-0.2, 0) is 6.42 Å². The third-order valence-electron chi connectivity index (χ3n) is 4.44. The normalized spacial score (nSPS) is 10.5. The summed E-state index contributed by atoms with van der Waals surface area (Å²) in [6, 6.07) is 6.04. The Bertz CT molecular complexity index is 1160. The second-order valence-corrected chi connectivity index (χ2v) is 6.60. The van der Waals surface area contributed by atoms with Crippen LogP contribution in [0.1, 0.15) is 21.6 Å². The highest BCUT2D eigenvalue weighted by Gasteiger charge is 2.23. The quantitative estimate of drug-likeness (QED) is 0.632. The Kier molecular flexibility index (Phi) is 5.92. The number of benzene rings is 1. The number of carbonyl (C=O) groups is 1. The number of aromatic nitrogens is 3. The van der Waals surface area contributed by atoms with Crippen molar-refractivity contribution in [3.05, 3.63) is 47.2 Å². The lowest BCUT2D eigenvalue weighted by Gasteiger charge is -2.18. The Hall–Kier alpha value is -4.00. The summed E-state index contributed by atoms with van der Waals surface area (Å²) in [5.74, 6) is -0.140. The first-order chi connectivity index (χ1) is 14.4. The molecule has 154 valence electrons. The minimum atomic E-state index is -0.473. The van der Waals surface area contributed by atoms with Crippen molar-refractivity contribution < 1.29 is 13.9 Å². The van der Waals surface area contributed by atoms with E-state index in [1.54, 1.807) is 14.1 Å². The van der Waals surface area contributed by atoms with Crippen LogP contribution < -0.4 is 15.8 Å². The molecule has 10 heteroatoms. The summed E-state index contributed by atoms with van der Waals surface area (Å²) in [5.41, 5.74) is 7.07. The summed E-state index contributed by atoms with van der Waals surface area (Å²) < 4.78 is 19.4. The van der Waals surface area contributed by atoms with Gasteiger partial charge in [-0.05, 0) is 18.2 Å². The molecule has 0 radical (unpaired) electrons. The number of anilines is 2. The van der Waals surface area contributed by atoms with Gasteiger partial charge >= 0.3 is 0 Å². The minimum Gasteiger partial charge on any atom is -0.494 e. The van der Waals surface area contributed by atoms with E-state index in [1.807, 2.05) is 6.07 Å². The molecule has 1 aromatic carbocycles. The first-order valence-electron chi connectivity index (χ1n) is 8.99. The first kappa shape index (κ1) is 20.7. The molecule has 0 aliphatic carbocycles. The van der Waals surface area contributed by atoms with Crippen molar-refractivity contribution in [2.75, 3.05) is 38.8 Å². The highest BCUT2D eigenvalue weighted by molar-refractivity contribution is 6.08. The monoisotopic (exact) mass is 409 g/mol. The van der Waals surface area contributed by atoms with Gasteiger partial charge in [-0.2, -0.15) is 5.26 Å². The van der Waals surface area contributed by atoms with Crippen LogP contribution in [0.5, 0.6) is 5.75 Å². The molecule has 0 bridgehead atoms. The Morgan fingerprint density at radius 1 is 1.37 bits per heavy atom. The third kappa shape index (κ3) is 3.91. The molecule has 0 fully saturated rings. The maximum absolute atomic E-state index is 13.9. The van der Waals surface area contributed by atoms with Crippen LogP contribution in [0.2, 0.25) is 0 Å². The molecular weight excluding hydrogens is 389 g/mol. The number of pyridine rings is 1. The largest absolute Gasteiger partial charge is 0.494 e. The SMILES string of the molecule is COc1c(CCNc2ncnc(N)c2C#N)nc2ccc(F)cc2c1C(=O)N(C)C. The van der Waals surface area contributed by atoms with Crippen LogP contribution in [0.15, 0.2) is 24.5 Å². The van der Waals surface area contributed by atoms with Gasteiger partial charge in [0.05, 0.1) is 23.9 Å². The summed E-state index contributed by atoms with van der Waals surface area (Å²) in [6.07, 6.45) is 1.61. The van der Waals surface area contributed by atoms with Crippen molar-refractivity contribution in [2.45, 2.75) is 6.42 Å². The van der Waals surface area contributed by atoms with Gasteiger partial charge in [0, 0.05) is 32.4 Å². The van der Waals surface area contributed by atoms with Crippen molar-refractivity contribution in [2.24, 2.45) is 0 Å². The molecule has 0 saturated carbocycles. The van der Waals surface area contributed by atoms with Gasteiger partial charge in [0.15, 0.2) is 5.75 Å². The second kappa shape index (κ2) is 8.57. The number of nitrogen functional groups attached to an aromatic ring is 1. The molecule has 2 aromatic heterocycles. The van der Waals surface area contributed by atoms with E-state index >= 15 is 0 Å². The molecule has 0 aliphatic heterocycles. The van der Waals surface area contributed by atoms with E-state index < -0.39 is 5.82 Å². The van der Waals surface area contributed by atoms with Crippen LogP contribution in [-0.4, -0.2) is 53.5 Å². The number of halogens is 1. The number of nitriles is 1. The molecule has 3 N–H and O–H groups in total. The van der Waals surface area contributed by atoms with Gasteiger partial charge in [0.25, 0.3) is 5.91 Å². The lowest BCUT2D eigenvalue weighted by Crippen LogP contribution is -2.23. The third-order valence-corrected chi connectivity index (χ3v) is 4.44. The number of nitrogens with one attached hydrogen (secondary N) is 1. The van der Waals surface area contributed by atoms with Crippen LogP contribution in [0.4, 0.5) is 16.0 Å². The zero-order chi connectivity index (χ0) is 21.8. The minimum absolute atomic E-state index is 0.0808. The summed E-state index contributed by atoms with van der Waals surface area (Å²) in [5, 5.41) is 12.6. The fraction of sp³-hybridized carbons (Fsp3) is 0.250. The van der Waals surface area contributed by atoms with Crippen LogP contribution in [0, 0.1) is 17.1 Å². The Morgan fingerprint density at radius 3 is 2.80 bits per heavy atom.